The maximum absolute atomic E-state index is 4.17. The van der Waals surface area contributed by atoms with Crippen molar-refractivity contribution in [3.8, 4) is 0 Å². The smallest absolute Gasteiger partial charge is 0.0942 e. The molecule has 0 aliphatic carbocycles. The van der Waals surface area contributed by atoms with Crippen LogP contribution in [0.1, 0.15) is 0 Å². The lowest BCUT2D eigenvalue weighted by Gasteiger charge is -2.07. The normalized spacial score (nSPS) is 11.8. The second kappa shape index (κ2) is 2.67. The maximum atomic E-state index is 4.17. The first-order valence-electron chi connectivity index (χ1n) is 5.20. The monoisotopic (exact) mass is 203 g/mol. The number of benzene rings is 3. The first-order chi connectivity index (χ1) is 7.93. The zero-order valence-electron chi connectivity index (χ0n) is 8.44. The summed E-state index contributed by atoms with van der Waals surface area (Å²) in [7, 11) is 0. The van der Waals surface area contributed by atoms with Gasteiger partial charge >= 0.3 is 0 Å². The van der Waals surface area contributed by atoms with Crippen LogP contribution in [0.2, 0.25) is 0 Å². The Balaban J connectivity index is 2.51. The Hall–Kier alpha value is -2.22. The molecule has 0 fully saturated rings. The highest BCUT2D eigenvalue weighted by molar-refractivity contribution is 6.21. The van der Waals surface area contributed by atoms with Crippen molar-refractivity contribution in [1.82, 2.24) is 10.2 Å². The van der Waals surface area contributed by atoms with Crippen LogP contribution in [0.15, 0.2) is 42.6 Å². The summed E-state index contributed by atoms with van der Waals surface area (Å²) in [5.41, 5.74) is 0.954. The topological polar surface area (TPSA) is 25.8 Å². The lowest BCUT2D eigenvalue weighted by Crippen LogP contribution is -1.87. The molecule has 1 aromatic heterocycles. The van der Waals surface area contributed by atoms with Gasteiger partial charge in [0.1, 0.15) is 0 Å². The van der Waals surface area contributed by atoms with Crippen molar-refractivity contribution < 1.29 is 0 Å². The second-order valence-electron chi connectivity index (χ2n) is 3.95. The number of hydrogen-bond acceptors (Lipinski definition) is 2. The van der Waals surface area contributed by atoms with Gasteiger partial charge in [0.2, 0.25) is 0 Å². The molecule has 2 nitrogen and oxygen atoms in total. The van der Waals surface area contributed by atoms with Crippen molar-refractivity contribution in [2.45, 2.75) is 0 Å². The lowest BCUT2D eigenvalue weighted by molar-refractivity contribution is 1.09. The van der Waals surface area contributed by atoms with Crippen molar-refractivity contribution in [1.29, 1.82) is 0 Å². The highest BCUT2D eigenvalue weighted by Crippen LogP contribution is 2.32. The van der Waals surface area contributed by atoms with Gasteiger partial charge in [-0.2, -0.15) is 10.2 Å². The van der Waals surface area contributed by atoms with Crippen molar-refractivity contribution in [3.05, 3.63) is 48.7 Å². The average molecular weight is 203 g/mol. The highest BCUT2D eigenvalue weighted by atomic mass is 15.1. The molecule has 0 unspecified atom stereocenters. The van der Waals surface area contributed by atoms with Crippen LogP contribution < -0.4 is 0 Å². The van der Waals surface area contributed by atoms with Crippen LogP contribution in [0.25, 0.3) is 32.4 Å². The predicted molar refractivity (Wildman–Crippen MR) is 64.6 cm³/mol. The highest BCUT2D eigenvalue weighted by Gasteiger charge is 2.07. The Morgan fingerprint density at radius 2 is 1.81 bits per heavy atom. The standard InChI is InChI=1S/C14H7N2/c1-2-9-4-5-11-8-15-16-12-7-6-10(3-1)13(9)14(11)12/h1,3-8H. The van der Waals surface area contributed by atoms with Crippen molar-refractivity contribution in [2.24, 2.45) is 0 Å². The fourth-order valence-corrected chi connectivity index (χ4v) is 2.35. The third kappa shape index (κ3) is 0.865. The fraction of sp³-hybridized carbons (Fsp3) is 0. The summed E-state index contributed by atoms with van der Waals surface area (Å²) >= 11 is 0. The first-order valence-corrected chi connectivity index (χ1v) is 5.20. The number of nitrogens with zero attached hydrogens (tertiary/aromatic N) is 2. The van der Waals surface area contributed by atoms with E-state index in [-0.39, 0.29) is 0 Å². The van der Waals surface area contributed by atoms with Crippen LogP contribution in [0.3, 0.4) is 0 Å². The van der Waals surface area contributed by atoms with Crippen molar-refractivity contribution in [3.63, 3.8) is 0 Å². The van der Waals surface area contributed by atoms with Crippen molar-refractivity contribution >= 4 is 32.4 Å². The number of aromatic nitrogens is 2. The Morgan fingerprint density at radius 1 is 0.875 bits per heavy atom. The third-order valence-corrected chi connectivity index (χ3v) is 3.07. The maximum Gasteiger partial charge on any atom is 0.0942 e. The molecule has 0 bridgehead atoms. The first kappa shape index (κ1) is 7.99. The van der Waals surface area contributed by atoms with Gasteiger partial charge in [-0.25, -0.2) is 0 Å². The van der Waals surface area contributed by atoms with E-state index in [0.717, 1.165) is 16.3 Å². The minimum atomic E-state index is 0.954. The van der Waals surface area contributed by atoms with Crippen molar-refractivity contribution in [2.75, 3.05) is 0 Å². The molecule has 4 rings (SSSR count). The van der Waals surface area contributed by atoms with Crippen LogP contribution in [0.5, 0.6) is 0 Å². The zero-order valence-corrected chi connectivity index (χ0v) is 8.44. The van der Waals surface area contributed by atoms with E-state index >= 15 is 0 Å². The van der Waals surface area contributed by atoms with Gasteiger partial charge in [0.25, 0.3) is 0 Å². The van der Waals surface area contributed by atoms with Crippen LogP contribution in [-0.2, 0) is 0 Å². The SMILES string of the molecule is [c]1ccc2ccc3nncc4ccc1c2c43. The molecule has 0 saturated heterocycles. The largest absolute Gasteiger partial charge is 0.158 e. The van der Waals surface area contributed by atoms with E-state index < -0.39 is 0 Å². The molecule has 0 spiro atoms. The summed E-state index contributed by atoms with van der Waals surface area (Å²) < 4.78 is 0. The van der Waals surface area contributed by atoms with Gasteiger partial charge in [0, 0.05) is 10.8 Å². The Labute approximate surface area is 91.9 Å². The molecule has 2 heteroatoms. The fourth-order valence-electron chi connectivity index (χ4n) is 2.35. The van der Waals surface area contributed by atoms with Gasteiger partial charge in [-0.1, -0.05) is 30.3 Å². The van der Waals surface area contributed by atoms with E-state index in [0.29, 0.717) is 0 Å². The molecule has 16 heavy (non-hydrogen) atoms. The summed E-state index contributed by atoms with van der Waals surface area (Å²) in [5, 5.41) is 14.1. The van der Waals surface area contributed by atoms with E-state index in [1.165, 1.54) is 16.2 Å². The molecule has 1 radical (unpaired) electrons. The molecule has 3 aromatic carbocycles. The van der Waals surface area contributed by atoms with E-state index in [4.69, 9.17) is 0 Å². The summed E-state index contributed by atoms with van der Waals surface area (Å²) in [6.07, 6.45) is 1.81. The number of rotatable bonds is 0. The minimum Gasteiger partial charge on any atom is -0.158 e. The minimum absolute atomic E-state index is 0.954. The van der Waals surface area contributed by atoms with Crippen LogP contribution in [0, 0.1) is 6.07 Å². The molecule has 0 aliphatic heterocycles. The van der Waals surface area contributed by atoms with Gasteiger partial charge in [0.05, 0.1) is 11.7 Å². The molecule has 1 heterocycles. The predicted octanol–water partition coefficient (Wildman–Crippen LogP) is 3.17. The summed E-state index contributed by atoms with van der Waals surface area (Å²) in [6, 6.07) is 15.6. The molecule has 0 aliphatic rings. The molecule has 4 aromatic rings. The number of hydrogen-bond donors (Lipinski definition) is 0. The Morgan fingerprint density at radius 3 is 2.81 bits per heavy atom. The quantitative estimate of drug-likeness (QED) is 0.410. The van der Waals surface area contributed by atoms with E-state index in [1.54, 1.807) is 0 Å². The van der Waals surface area contributed by atoms with E-state index in [1.807, 2.05) is 18.3 Å². The molecule has 0 N–H and O–H groups in total. The molecule has 0 saturated carbocycles. The lowest BCUT2D eigenvalue weighted by atomic mass is 9.98. The van der Waals surface area contributed by atoms with Crippen LogP contribution >= 0.6 is 0 Å². The van der Waals surface area contributed by atoms with Gasteiger partial charge < -0.3 is 0 Å². The molecule has 73 valence electrons. The third-order valence-electron chi connectivity index (χ3n) is 3.07. The van der Waals surface area contributed by atoms with Crippen LogP contribution in [0.4, 0.5) is 0 Å². The second-order valence-corrected chi connectivity index (χ2v) is 3.95. The van der Waals surface area contributed by atoms with Gasteiger partial charge in [-0.15, -0.1) is 0 Å². The Bertz CT molecular complexity index is 675. The molecular weight excluding hydrogens is 196 g/mol. The van der Waals surface area contributed by atoms with Gasteiger partial charge in [0.15, 0.2) is 0 Å². The van der Waals surface area contributed by atoms with E-state index in [2.05, 4.69) is 40.5 Å². The summed E-state index contributed by atoms with van der Waals surface area (Å²) in [4.78, 5) is 0. The molecule has 0 atom stereocenters. The summed E-state index contributed by atoms with van der Waals surface area (Å²) in [6.45, 7) is 0. The van der Waals surface area contributed by atoms with Crippen LogP contribution in [-0.4, -0.2) is 10.2 Å². The summed E-state index contributed by atoms with van der Waals surface area (Å²) in [5.74, 6) is 0. The average Bonchev–Trinajstić information content (AvgIpc) is 2.36. The zero-order chi connectivity index (χ0) is 10.5. The van der Waals surface area contributed by atoms with Gasteiger partial charge in [-0.3, -0.25) is 0 Å². The van der Waals surface area contributed by atoms with Gasteiger partial charge in [-0.05, 0) is 28.3 Å². The molecular formula is C14H7N2. The Kier molecular flexibility index (Phi) is 1.33. The molecule has 0 amide bonds. The van der Waals surface area contributed by atoms with E-state index in [9.17, 15) is 0 Å².